The number of anilines is 1. The minimum Gasteiger partial charge on any atom is -0.462 e. The molecule has 1 amide bonds. The zero-order valence-electron chi connectivity index (χ0n) is 18.2. The highest BCUT2D eigenvalue weighted by Crippen LogP contribution is 2.25. The van der Waals surface area contributed by atoms with Crippen molar-refractivity contribution in [3.05, 3.63) is 95.4 Å². The number of aromatic nitrogens is 3. The van der Waals surface area contributed by atoms with Crippen molar-refractivity contribution in [2.75, 3.05) is 11.9 Å². The van der Waals surface area contributed by atoms with E-state index in [9.17, 15) is 9.59 Å². The minimum absolute atomic E-state index is 0.285. The van der Waals surface area contributed by atoms with Crippen molar-refractivity contribution in [1.29, 1.82) is 0 Å². The summed E-state index contributed by atoms with van der Waals surface area (Å²) in [7, 11) is 0. The third kappa shape index (κ3) is 4.18. The maximum atomic E-state index is 13.4. The molecular formula is C25H24N4O3. The van der Waals surface area contributed by atoms with E-state index in [-0.39, 0.29) is 12.5 Å². The lowest BCUT2D eigenvalue weighted by molar-refractivity contribution is 0.0526. The predicted molar refractivity (Wildman–Crippen MR) is 123 cm³/mol. The van der Waals surface area contributed by atoms with E-state index in [4.69, 9.17) is 4.74 Å². The number of hydrogen-bond acceptors (Lipinski definition) is 4. The number of hydrogen-bond donors (Lipinski definition) is 1. The molecule has 2 heterocycles. The lowest BCUT2D eigenvalue weighted by atomic mass is 10.1. The second-order valence-electron chi connectivity index (χ2n) is 7.38. The summed E-state index contributed by atoms with van der Waals surface area (Å²) in [6.45, 7) is 5.86. The molecule has 1 N–H and O–H groups in total. The van der Waals surface area contributed by atoms with Crippen molar-refractivity contribution in [2.45, 2.75) is 20.8 Å². The molecule has 0 radical (unpaired) electrons. The van der Waals surface area contributed by atoms with E-state index in [0.717, 1.165) is 11.3 Å². The number of ether oxygens (including phenoxy) is 1. The Morgan fingerprint density at radius 1 is 1.00 bits per heavy atom. The molecule has 0 bridgehead atoms. The molecule has 0 aliphatic heterocycles. The Bertz CT molecular complexity index is 1260. The normalized spacial score (nSPS) is 10.7. The first-order valence-electron chi connectivity index (χ1n) is 10.4. The van der Waals surface area contributed by atoms with Gasteiger partial charge in [-0.05, 0) is 63.2 Å². The number of amides is 1. The Balaban J connectivity index is 1.74. The molecule has 4 aromatic rings. The Kier molecular flexibility index (Phi) is 5.89. The van der Waals surface area contributed by atoms with Crippen molar-refractivity contribution in [3.63, 3.8) is 0 Å². The number of carbonyl (C=O) groups is 2. The van der Waals surface area contributed by atoms with E-state index in [2.05, 4.69) is 10.4 Å². The summed E-state index contributed by atoms with van der Waals surface area (Å²) in [6.07, 6.45) is 3.75. The first-order valence-corrected chi connectivity index (χ1v) is 10.4. The summed E-state index contributed by atoms with van der Waals surface area (Å²) in [5, 5.41) is 7.56. The Labute approximate surface area is 186 Å². The third-order valence-corrected chi connectivity index (χ3v) is 5.02. The average Bonchev–Trinajstić information content (AvgIpc) is 3.42. The molecule has 4 rings (SSSR count). The van der Waals surface area contributed by atoms with Gasteiger partial charge < -0.3 is 14.6 Å². The van der Waals surface area contributed by atoms with Gasteiger partial charge in [-0.15, -0.1) is 0 Å². The number of nitrogens with one attached hydrogen (secondary N) is 1. The molecule has 0 aliphatic carbocycles. The zero-order valence-corrected chi connectivity index (χ0v) is 18.2. The number of benzene rings is 2. The number of carbonyl (C=O) groups excluding carboxylic acids is 2. The molecule has 7 heteroatoms. The van der Waals surface area contributed by atoms with Crippen molar-refractivity contribution in [3.8, 4) is 11.5 Å². The number of rotatable bonds is 6. The van der Waals surface area contributed by atoms with Gasteiger partial charge in [0.25, 0.3) is 5.91 Å². The van der Waals surface area contributed by atoms with Crippen LogP contribution in [0, 0.1) is 13.8 Å². The molecule has 0 unspecified atom stereocenters. The van der Waals surface area contributed by atoms with E-state index in [1.54, 1.807) is 35.9 Å². The van der Waals surface area contributed by atoms with Gasteiger partial charge in [0.1, 0.15) is 5.56 Å². The molecule has 0 aliphatic rings. The van der Waals surface area contributed by atoms with E-state index >= 15 is 0 Å². The highest BCUT2D eigenvalue weighted by molar-refractivity contribution is 6.08. The van der Waals surface area contributed by atoms with Crippen LogP contribution in [0.25, 0.3) is 11.5 Å². The van der Waals surface area contributed by atoms with Gasteiger partial charge in [-0.1, -0.05) is 23.8 Å². The van der Waals surface area contributed by atoms with Crippen LogP contribution in [0.1, 0.15) is 38.9 Å². The SMILES string of the molecule is CCOC(=O)c1cccc(NC(=O)c2c(C)nn(-c3ccc(C)cc3)c2-n2cccc2)c1. The standard InChI is InChI=1S/C25H24N4O3/c1-4-32-25(31)19-8-7-9-20(16-19)26-23(30)22-18(3)27-29(21-12-10-17(2)11-13-21)24(22)28-14-5-6-15-28/h5-16H,4H2,1-3H3,(H,26,30). The van der Waals surface area contributed by atoms with E-state index < -0.39 is 5.97 Å². The van der Waals surface area contributed by atoms with E-state index in [1.807, 2.05) is 67.2 Å². The third-order valence-electron chi connectivity index (χ3n) is 5.02. The quantitative estimate of drug-likeness (QED) is 0.451. The molecule has 162 valence electrons. The smallest absolute Gasteiger partial charge is 0.338 e. The summed E-state index contributed by atoms with van der Waals surface area (Å²) in [6, 6.07) is 18.4. The lowest BCUT2D eigenvalue weighted by Gasteiger charge is -2.12. The van der Waals surface area contributed by atoms with Gasteiger partial charge in [0.2, 0.25) is 0 Å². The van der Waals surface area contributed by atoms with Gasteiger partial charge in [-0.25, -0.2) is 9.48 Å². The molecular weight excluding hydrogens is 404 g/mol. The maximum Gasteiger partial charge on any atom is 0.338 e. The van der Waals surface area contributed by atoms with Crippen LogP contribution in [0.3, 0.4) is 0 Å². The fraction of sp³-hybridized carbons (Fsp3) is 0.160. The van der Waals surface area contributed by atoms with Crippen LogP contribution >= 0.6 is 0 Å². The van der Waals surface area contributed by atoms with Gasteiger partial charge in [0, 0.05) is 18.1 Å². The van der Waals surface area contributed by atoms with Crippen molar-refractivity contribution in [1.82, 2.24) is 14.3 Å². The largest absolute Gasteiger partial charge is 0.462 e. The van der Waals surface area contributed by atoms with Gasteiger partial charge >= 0.3 is 5.97 Å². The molecule has 0 fully saturated rings. The lowest BCUT2D eigenvalue weighted by Crippen LogP contribution is -2.16. The number of esters is 1. The van der Waals surface area contributed by atoms with Crippen molar-refractivity contribution < 1.29 is 14.3 Å². The van der Waals surface area contributed by atoms with Gasteiger partial charge in [-0.3, -0.25) is 4.79 Å². The summed E-state index contributed by atoms with van der Waals surface area (Å²) >= 11 is 0. The molecule has 2 aromatic heterocycles. The van der Waals surface area contributed by atoms with Crippen LogP contribution in [0.4, 0.5) is 5.69 Å². The summed E-state index contributed by atoms with van der Waals surface area (Å²) in [5.74, 6) is -0.110. The summed E-state index contributed by atoms with van der Waals surface area (Å²) in [5.41, 5.74) is 3.91. The minimum atomic E-state index is -0.431. The topological polar surface area (TPSA) is 78.2 Å². The Hall–Kier alpha value is -4.13. The van der Waals surface area contributed by atoms with Crippen LogP contribution < -0.4 is 5.32 Å². The number of nitrogens with zero attached hydrogens (tertiary/aromatic N) is 3. The van der Waals surface area contributed by atoms with Gasteiger partial charge in [0.15, 0.2) is 5.82 Å². The molecule has 0 atom stereocenters. The average molecular weight is 428 g/mol. The van der Waals surface area contributed by atoms with E-state index in [0.29, 0.717) is 28.3 Å². The van der Waals surface area contributed by atoms with Gasteiger partial charge in [0.05, 0.1) is 23.6 Å². The predicted octanol–water partition coefficient (Wildman–Crippen LogP) is 4.71. The fourth-order valence-corrected chi connectivity index (χ4v) is 3.49. The van der Waals surface area contributed by atoms with Crippen LogP contribution in [0.5, 0.6) is 0 Å². The summed E-state index contributed by atoms with van der Waals surface area (Å²) < 4.78 is 8.68. The van der Waals surface area contributed by atoms with Crippen LogP contribution in [-0.4, -0.2) is 32.8 Å². The first kappa shape index (κ1) is 21.1. The first-order chi connectivity index (χ1) is 15.5. The molecule has 0 saturated carbocycles. The zero-order chi connectivity index (χ0) is 22.7. The highest BCUT2D eigenvalue weighted by atomic mass is 16.5. The Morgan fingerprint density at radius 3 is 2.41 bits per heavy atom. The van der Waals surface area contributed by atoms with Crippen LogP contribution in [-0.2, 0) is 4.74 Å². The van der Waals surface area contributed by atoms with E-state index in [1.165, 1.54) is 0 Å². The second-order valence-corrected chi connectivity index (χ2v) is 7.38. The molecule has 2 aromatic carbocycles. The second kappa shape index (κ2) is 8.93. The Morgan fingerprint density at radius 2 is 1.72 bits per heavy atom. The summed E-state index contributed by atoms with van der Waals surface area (Å²) in [4.78, 5) is 25.4. The molecule has 32 heavy (non-hydrogen) atoms. The molecule has 7 nitrogen and oxygen atoms in total. The van der Waals surface area contributed by atoms with Crippen LogP contribution in [0.2, 0.25) is 0 Å². The van der Waals surface area contributed by atoms with Crippen molar-refractivity contribution >= 4 is 17.6 Å². The maximum absolute atomic E-state index is 13.4. The monoisotopic (exact) mass is 428 g/mol. The highest BCUT2D eigenvalue weighted by Gasteiger charge is 2.24. The molecule has 0 saturated heterocycles. The van der Waals surface area contributed by atoms with Crippen molar-refractivity contribution in [2.24, 2.45) is 0 Å². The number of aryl methyl sites for hydroxylation is 2. The fourth-order valence-electron chi connectivity index (χ4n) is 3.49. The van der Waals surface area contributed by atoms with Gasteiger partial charge in [-0.2, -0.15) is 5.10 Å². The molecule has 0 spiro atoms. The van der Waals surface area contributed by atoms with Crippen LogP contribution in [0.15, 0.2) is 73.1 Å².